The van der Waals surface area contributed by atoms with Crippen LogP contribution < -0.4 is 5.32 Å². The van der Waals surface area contributed by atoms with Crippen molar-refractivity contribution in [1.82, 2.24) is 0 Å². The highest BCUT2D eigenvalue weighted by Crippen LogP contribution is 2.64. The van der Waals surface area contributed by atoms with E-state index in [-0.39, 0.29) is 21.8 Å². The summed E-state index contributed by atoms with van der Waals surface area (Å²) in [6.45, 7) is 2.25. The zero-order valence-electron chi connectivity index (χ0n) is 17.2. The van der Waals surface area contributed by atoms with E-state index in [1.165, 1.54) is 6.07 Å². The van der Waals surface area contributed by atoms with E-state index in [1.807, 2.05) is 0 Å². The molecule has 1 aromatic heterocycles. The lowest BCUT2D eigenvalue weighted by Crippen LogP contribution is -2.75. The molecule has 0 saturated heterocycles. The molecular weight excluding hydrogens is 591 g/mol. The summed E-state index contributed by atoms with van der Waals surface area (Å²) >= 11 is 0.169. The van der Waals surface area contributed by atoms with Crippen LogP contribution in [0.2, 0.25) is 0 Å². The largest absolute Gasteiger partial charge is 0.460 e. The van der Waals surface area contributed by atoms with E-state index in [1.54, 1.807) is 0 Å². The predicted octanol–water partition coefficient (Wildman–Crippen LogP) is 7.18. The van der Waals surface area contributed by atoms with Gasteiger partial charge in [-0.25, -0.2) is 0 Å². The maximum absolute atomic E-state index is 13.9. The average Bonchev–Trinajstić information content (AvgIpc) is 2.98. The third-order valence-corrected chi connectivity index (χ3v) is 5.85. The third-order valence-electron chi connectivity index (χ3n) is 4.73. The molecule has 1 amide bonds. The van der Waals surface area contributed by atoms with Crippen molar-refractivity contribution in [2.75, 3.05) is 5.32 Å². The van der Waals surface area contributed by atoms with Gasteiger partial charge in [-0.3, -0.25) is 4.79 Å². The van der Waals surface area contributed by atoms with Gasteiger partial charge in [0.25, 0.3) is 0 Å². The van der Waals surface area contributed by atoms with Gasteiger partial charge in [-0.2, -0.15) is 79.9 Å². The number of thiophene rings is 1. The highest BCUT2D eigenvalue weighted by atomic mass is 32.1. The first kappa shape index (κ1) is 32.5. The van der Waals surface area contributed by atoms with Gasteiger partial charge >= 0.3 is 53.5 Å². The van der Waals surface area contributed by atoms with Crippen LogP contribution in [-0.2, 0) is 4.79 Å². The standard InChI is InChI=1S/C16H7F17N2OS/c1-4-5(2)37-7(6(4)3-34)35-8(36)9(17,18)10(19,20)11(21,22)12(23,24)13(25,26)14(27,28)15(29,30)16(31,32)33/h1-2H3,(H,35,36). The number of halogens is 17. The fourth-order valence-electron chi connectivity index (χ4n) is 2.34. The fourth-order valence-corrected chi connectivity index (χ4v) is 3.34. The lowest BCUT2D eigenvalue weighted by atomic mass is 9.89. The van der Waals surface area contributed by atoms with E-state index in [4.69, 9.17) is 5.26 Å². The van der Waals surface area contributed by atoms with E-state index in [9.17, 15) is 79.4 Å². The van der Waals surface area contributed by atoms with Crippen molar-refractivity contribution in [3.05, 3.63) is 16.0 Å². The Morgan fingerprint density at radius 1 is 0.676 bits per heavy atom. The number of hydrogen-bond donors (Lipinski definition) is 1. The molecule has 0 fully saturated rings. The van der Waals surface area contributed by atoms with Crippen LogP contribution in [0.25, 0.3) is 0 Å². The van der Waals surface area contributed by atoms with Crippen LogP contribution in [-0.4, -0.2) is 53.5 Å². The van der Waals surface area contributed by atoms with Gasteiger partial charge in [0.2, 0.25) is 0 Å². The van der Waals surface area contributed by atoms with E-state index in [0.717, 1.165) is 19.2 Å². The minimum atomic E-state index is -8.78. The van der Waals surface area contributed by atoms with Gasteiger partial charge < -0.3 is 5.32 Å². The molecule has 0 bridgehead atoms. The van der Waals surface area contributed by atoms with E-state index in [2.05, 4.69) is 0 Å². The number of rotatable bonds is 8. The SMILES string of the molecule is Cc1sc(NC(=O)C(F)(F)C(F)(F)C(F)(F)C(F)(F)C(F)(F)C(F)(F)C(F)(F)C(F)(F)F)c(C#N)c1C. The molecule has 37 heavy (non-hydrogen) atoms. The van der Waals surface area contributed by atoms with Gasteiger partial charge in [-0.1, -0.05) is 0 Å². The Kier molecular flexibility index (Phi) is 7.69. The monoisotopic (exact) mass is 598 g/mol. The summed E-state index contributed by atoms with van der Waals surface area (Å²) in [5.74, 6) is -62.1. The highest BCUT2D eigenvalue weighted by Gasteiger charge is 2.95. The third kappa shape index (κ3) is 4.24. The molecule has 0 radical (unpaired) electrons. The van der Waals surface area contributed by atoms with Crippen molar-refractivity contribution in [2.45, 2.75) is 61.5 Å². The van der Waals surface area contributed by atoms with Gasteiger partial charge in [-0.05, 0) is 19.4 Å². The lowest BCUT2D eigenvalue weighted by Gasteiger charge is -2.42. The molecule has 1 N–H and O–H groups in total. The molecule has 0 atom stereocenters. The lowest BCUT2D eigenvalue weighted by molar-refractivity contribution is -0.459. The molecule has 0 aromatic carbocycles. The first-order valence-corrected chi connectivity index (χ1v) is 9.37. The number of alkyl halides is 17. The van der Waals surface area contributed by atoms with Crippen LogP contribution in [0.4, 0.5) is 79.6 Å². The maximum atomic E-state index is 13.9. The van der Waals surface area contributed by atoms with Crippen molar-refractivity contribution in [3.8, 4) is 6.07 Å². The number of amides is 1. The summed E-state index contributed by atoms with van der Waals surface area (Å²) in [5.41, 5.74) is -0.838. The first-order chi connectivity index (χ1) is 16.0. The number of carbonyl (C=O) groups is 1. The molecule has 0 aliphatic heterocycles. The second-order valence-electron chi connectivity index (χ2n) is 7.07. The zero-order valence-corrected chi connectivity index (χ0v) is 18.0. The molecule has 21 heteroatoms. The Bertz CT molecular complexity index is 1100. The van der Waals surface area contributed by atoms with Crippen LogP contribution >= 0.6 is 11.3 Å². The Balaban J connectivity index is 3.64. The van der Waals surface area contributed by atoms with Crippen molar-refractivity contribution >= 4 is 22.2 Å². The van der Waals surface area contributed by atoms with Gasteiger partial charge in [0.15, 0.2) is 0 Å². The quantitative estimate of drug-likeness (QED) is 0.323. The molecule has 212 valence electrons. The van der Waals surface area contributed by atoms with E-state index in [0.29, 0.717) is 0 Å². The summed E-state index contributed by atoms with van der Waals surface area (Å²) in [6, 6.07) is 1.25. The fraction of sp³-hybridized carbons (Fsp3) is 0.625. The summed E-state index contributed by atoms with van der Waals surface area (Å²) in [4.78, 5) is 11.6. The van der Waals surface area contributed by atoms with Gasteiger partial charge in [0.1, 0.15) is 11.1 Å². The highest BCUT2D eigenvalue weighted by molar-refractivity contribution is 7.16. The second kappa shape index (κ2) is 8.76. The molecule has 1 aromatic rings. The van der Waals surface area contributed by atoms with Crippen LogP contribution in [0.5, 0.6) is 0 Å². The van der Waals surface area contributed by atoms with Crippen molar-refractivity contribution in [2.24, 2.45) is 0 Å². The molecule has 0 spiro atoms. The molecule has 1 rings (SSSR count). The van der Waals surface area contributed by atoms with Crippen LogP contribution in [0.3, 0.4) is 0 Å². The minimum Gasteiger partial charge on any atom is -0.311 e. The van der Waals surface area contributed by atoms with Gasteiger partial charge in [0, 0.05) is 4.88 Å². The Morgan fingerprint density at radius 2 is 1.03 bits per heavy atom. The van der Waals surface area contributed by atoms with Crippen molar-refractivity contribution in [3.63, 3.8) is 0 Å². The normalized spacial score (nSPS) is 15.0. The average molecular weight is 598 g/mol. The Labute approximate surface area is 196 Å². The number of carbonyl (C=O) groups excluding carboxylic acids is 1. The molecule has 0 saturated carbocycles. The second-order valence-corrected chi connectivity index (χ2v) is 8.30. The van der Waals surface area contributed by atoms with Gasteiger partial charge in [0.05, 0.1) is 5.56 Å². The summed E-state index contributed by atoms with van der Waals surface area (Å²) in [5, 5.41) is 8.54. The van der Waals surface area contributed by atoms with Crippen LogP contribution in [0.1, 0.15) is 16.0 Å². The molecule has 3 nitrogen and oxygen atoms in total. The topological polar surface area (TPSA) is 52.9 Å². The summed E-state index contributed by atoms with van der Waals surface area (Å²) < 4.78 is 225. The van der Waals surface area contributed by atoms with Crippen LogP contribution in [0.15, 0.2) is 0 Å². The molecule has 1 heterocycles. The number of nitriles is 1. The molecule has 0 aliphatic rings. The van der Waals surface area contributed by atoms with Crippen molar-refractivity contribution < 1.29 is 79.4 Å². The number of nitrogens with zero attached hydrogens (tertiary/aromatic N) is 1. The van der Waals surface area contributed by atoms with Gasteiger partial charge in [-0.15, -0.1) is 11.3 Å². The smallest absolute Gasteiger partial charge is 0.311 e. The van der Waals surface area contributed by atoms with E-state index >= 15 is 0 Å². The molecule has 0 aliphatic carbocycles. The Hall–Kier alpha value is -2.53. The van der Waals surface area contributed by atoms with Crippen molar-refractivity contribution in [1.29, 1.82) is 5.26 Å². The Morgan fingerprint density at radius 3 is 1.38 bits per heavy atom. The number of hydrogen-bond acceptors (Lipinski definition) is 3. The zero-order chi connectivity index (χ0) is 30.0. The molecule has 0 unspecified atom stereocenters. The number of nitrogens with one attached hydrogen (secondary N) is 1. The first-order valence-electron chi connectivity index (χ1n) is 8.55. The maximum Gasteiger partial charge on any atom is 0.460 e. The number of anilines is 1. The number of aryl methyl sites for hydroxylation is 1. The summed E-state index contributed by atoms with van der Waals surface area (Å²) in [6.07, 6.45) is -7.85. The predicted molar refractivity (Wildman–Crippen MR) is 87.8 cm³/mol. The minimum absolute atomic E-state index is 0.0197. The van der Waals surface area contributed by atoms with E-state index < -0.39 is 64.1 Å². The van der Waals surface area contributed by atoms with Crippen LogP contribution in [0, 0.1) is 25.2 Å². The molecular formula is C16H7F17N2OS. The summed E-state index contributed by atoms with van der Waals surface area (Å²) in [7, 11) is 0.